The van der Waals surface area contributed by atoms with Gasteiger partial charge in [0.25, 0.3) is 5.91 Å². The number of aromatic carboxylic acids is 1. The molecule has 11 heterocycles. The first-order chi connectivity index (χ1) is 54.8. The predicted octanol–water partition coefficient (Wildman–Crippen LogP) is 10.6. The Morgan fingerprint density at radius 3 is 1.34 bits per heavy atom. The maximum Gasteiger partial charge on any atom is 1.00 e. The quantitative estimate of drug-likeness (QED) is 0.0134. The SMILES string of the molecule is CCOC(=S)[S-].COC(=O)c1cncc2sc(SC)nc12.COc1ccc(Cl)cc1-c1c(N)cnn1COCC[Si](C)(C)C.COc1ccc(Cl)cc1-c1c(NC(=O)c2cncc3sc(SC)nc23)cnn1COCC[Si](C)(C)C.CSc1nc2c(Br)cncc2s1.CSc1nc2c(C(=O)[O-])cncc2s1.Nc1c(Br)cncc1Br.[K+].[K+].[K+].[OH-]. The van der Waals surface area contributed by atoms with Crippen molar-refractivity contribution in [3.05, 3.63) is 151 Å². The first-order valence-electron chi connectivity index (χ1n) is 33.8. The fraction of sp³-hybridized carbons (Fsp3) is 0.292. The minimum absolute atomic E-state index is 0. The van der Waals surface area contributed by atoms with Crippen LogP contribution in [0.15, 0.2) is 142 Å². The number of nitrogens with zero attached hydrogens (tertiary/aromatic N) is 13. The van der Waals surface area contributed by atoms with Gasteiger partial charge in [-0.05, 0) is 128 Å². The zero-order valence-corrected chi connectivity index (χ0v) is 93.6. The first kappa shape index (κ1) is 112. The molecule has 27 nitrogen and oxygen atoms in total. The van der Waals surface area contributed by atoms with Crippen molar-refractivity contribution in [1.29, 1.82) is 0 Å². The van der Waals surface area contributed by atoms with Gasteiger partial charge in [0, 0.05) is 122 Å². The van der Waals surface area contributed by atoms with Gasteiger partial charge in [-0.3, -0.25) is 29.7 Å². The second-order valence-electron chi connectivity index (χ2n) is 25.5. The van der Waals surface area contributed by atoms with Crippen LogP contribution in [-0.4, -0.2) is 174 Å². The molecule has 1 amide bonds. The Morgan fingerprint density at radius 1 is 0.563 bits per heavy atom. The molecule has 13 rings (SSSR count). The number of amides is 1. The predicted molar refractivity (Wildman–Crippen MR) is 497 cm³/mol. The van der Waals surface area contributed by atoms with E-state index in [0.717, 1.165) is 85.0 Å². The van der Waals surface area contributed by atoms with Crippen LogP contribution in [-0.2, 0) is 45.0 Å². The molecule has 0 spiro atoms. The van der Waals surface area contributed by atoms with Gasteiger partial charge < -0.3 is 85.4 Å². The maximum atomic E-state index is 13.4. The number of hydrogen-bond acceptors (Lipinski definition) is 34. The van der Waals surface area contributed by atoms with Gasteiger partial charge >= 0.3 is 160 Å². The summed E-state index contributed by atoms with van der Waals surface area (Å²) < 4.78 is 45.6. The number of nitrogens with two attached hydrogens (primary N) is 2. The van der Waals surface area contributed by atoms with E-state index in [9.17, 15) is 19.5 Å². The number of thiazole rings is 4. The van der Waals surface area contributed by atoms with E-state index in [1.807, 2.05) is 50.3 Å². The number of pyridine rings is 5. The van der Waals surface area contributed by atoms with Gasteiger partial charge in [-0.15, -0.1) is 45.3 Å². The molecule has 119 heavy (non-hydrogen) atoms. The number of carbonyl (C=O) groups excluding carboxylic acids is 3. The van der Waals surface area contributed by atoms with Crippen molar-refractivity contribution >= 4 is 285 Å². The Balaban J connectivity index is 0.000000382. The normalized spacial score (nSPS) is 10.6. The van der Waals surface area contributed by atoms with Crippen molar-refractivity contribution in [3.8, 4) is 34.0 Å². The van der Waals surface area contributed by atoms with E-state index in [0.29, 0.717) is 97.5 Å². The molecule has 0 aliphatic carbocycles. The number of thioether (sulfide) groups is 4. The van der Waals surface area contributed by atoms with Crippen LogP contribution in [0.1, 0.15) is 38.0 Å². The van der Waals surface area contributed by atoms with E-state index in [-0.39, 0.29) is 182 Å². The number of anilines is 3. The molecule has 2 aromatic carbocycles. The summed E-state index contributed by atoms with van der Waals surface area (Å²) in [4.78, 5) is 73.1. The van der Waals surface area contributed by atoms with E-state index < -0.39 is 28.1 Å². The Kier molecular flexibility index (Phi) is 52.6. The first-order valence-corrected chi connectivity index (χ1v) is 53.3. The number of esters is 1. The van der Waals surface area contributed by atoms with E-state index in [1.165, 1.54) is 83.2 Å². The van der Waals surface area contributed by atoms with Crippen LogP contribution in [0, 0.1) is 0 Å². The van der Waals surface area contributed by atoms with Crippen LogP contribution in [0.5, 0.6) is 11.5 Å². The zero-order valence-electron chi connectivity index (χ0n) is 67.8. The third-order valence-corrected chi connectivity index (χ3v) is 28.9. The zero-order chi connectivity index (χ0) is 84.3. The maximum absolute atomic E-state index is 13.4. The number of benzene rings is 2. The largest absolute Gasteiger partial charge is 1.00 e. The number of carboxylic acid groups (broad SMARTS) is 1. The number of nitrogens with one attached hydrogen (secondary N) is 1. The number of aromatic nitrogens is 13. The summed E-state index contributed by atoms with van der Waals surface area (Å²) in [6.45, 7) is 18.3. The average Bonchev–Trinajstić information content (AvgIpc) is 1.67. The van der Waals surface area contributed by atoms with Crippen molar-refractivity contribution in [1.82, 2.24) is 64.4 Å². The molecule has 0 aliphatic rings. The molecule has 11 aromatic heterocycles. The number of thiocarbonyl (C=S) groups is 1. The number of carboxylic acids is 1. The second kappa shape index (κ2) is 56.1. The Morgan fingerprint density at radius 2 is 0.941 bits per heavy atom. The number of carbonyl (C=O) groups is 3. The minimum atomic E-state index is -1.24. The van der Waals surface area contributed by atoms with E-state index in [2.05, 4.69) is 182 Å². The van der Waals surface area contributed by atoms with Crippen LogP contribution in [0.3, 0.4) is 0 Å². The molecule has 0 fully saturated rings. The van der Waals surface area contributed by atoms with Crippen LogP contribution >= 0.6 is 176 Å². The molecule has 6 N–H and O–H groups in total. The van der Waals surface area contributed by atoms with Gasteiger partial charge in [0.2, 0.25) is 0 Å². The summed E-state index contributed by atoms with van der Waals surface area (Å²) in [5, 5.41) is 23.7. The molecule has 620 valence electrons. The van der Waals surface area contributed by atoms with Crippen molar-refractivity contribution in [3.63, 3.8) is 0 Å². The number of halogens is 5. The van der Waals surface area contributed by atoms with Gasteiger partial charge in [-0.1, -0.05) is 110 Å². The fourth-order valence-electron chi connectivity index (χ4n) is 9.39. The molecule has 0 saturated carbocycles. The third kappa shape index (κ3) is 34.8. The number of fused-ring (bicyclic) bond motifs is 4. The minimum Gasteiger partial charge on any atom is -0.870 e. The molecule has 0 bridgehead atoms. The molecular weight excluding hydrogens is 2070 g/mol. The monoisotopic (exact) mass is 2140 g/mol. The fourth-order valence-corrected chi connectivity index (χ4v) is 18.9. The van der Waals surface area contributed by atoms with E-state index in [1.54, 1.807) is 132 Å². The van der Waals surface area contributed by atoms with E-state index in [4.69, 9.17) is 53.6 Å². The van der Waals surface area contributed by atoms with E-state index >= 15 is 0 Å². The second-order valence-corrected chi connectivity index (χ2v) is 49.5. The number of rotatable bonds is 23. The van der Waals surface area contributed by atoms with Gasteiger partial charge in [0.1, 0.15) is 36.0 Å². The summed E-state index contributed by atoms with van der Waals surface area (Å²) in [5.74, 6) is -0.656. The van der Waals surface area contributed by atoms with Crippen molar-refractivity contribution in [2.75, 3.05) is 83.0 Å². The molecule has 0 unspecified atom stereocenters. The van der Waals surface area contributed by atoms with Crippen LogP contribution in [0.2, 0.25) is 61.4 Å². The number of methoxy groups -OCH3 is 3. The summed E-state index contributed by atoms with van der Waals surface area (Å²) in [6.07, 6.45) is 27.3. The van der Waals surface area contributed by atoms with Gasteiger partial charge in [0.15, 0.2) is 17.4 Å². The number of ether oxygens (including phenoxy) is 6. The standard InChI is InChI=1S/C24H28ClN5O3S2Si.C16H24ClN3O2Si.C9H8N2O2S2.C8H6N2O2S2.C7H5BrN2S2.C5H4Br2N2.C3H6OS2.3K.H2O/c1-32-19-7-6-15(25)10-16(19)22-18(12-27-30(22)14-33-8-9-36(3,4)5)28-23(31)17-11-26-13-20-21(17)29-24(34-2)35-20;1-21-15-6-5-12(17)9-13(15)16-14(18)10-19-20(16)11-22-7-8-23(2,3)4;1-13-8(12)5-3-10-4-6-7(5)11-9(14-2)15-6;1-13-8-10-6-4(7(11)12)2-9-3-5(6)14-8;1-11-7-10-6-4(8)2-9-3-5(6)12-7;6-3-1-9-2-4(7)5(3)8;1-2-4-3(5)6;;;;/h6-7,10-13H,8-9,14H2,1-5H3,(H,28,31);5-6,9-10H,7-8,11,18H2,1-4H3;3-4H,1-2H3;2-3H,1H3,(H,11,12);2-3H,1H3;1-2H,(H2,8,9);2H2,1H3,(H,5,6);;;;1H2/q;;;;;;;3*+1;/p-3. The summed E-state index contributed by atoms with van der Waals surface area (Å²) in [6, 6.07) is 12.9. The number of hydrogen-bond donors (Lipinski definition) is 3. The summed E-state index contributed by atoms with van der Waals surface area (Å²) in [5.41, 5.74) is 20.0. The summed E-state index contributed by atoms with van der Waals surface area (Å²) >= 11 is 43.5. The molecule has 0 atom stereocenters. The molecule has 13 aromatic rings. The molecular formula is C72H80Br3Cl2K3N16O11S10Si2. The van der Waals surface area contributed by atoms with Crippen molar-refractivity contribution in [2.45, 2.75) is 89.1 Å². The van der Waals surface area contributed by atoms with Crippen LogP contribution < -0.4 is 186 Å². The van der Waals surface area contributed by atoms with Gasteiger partial charge in [-0.25, -0.2) is 34.1 Å². The average molecular weight is 2150 g/mol. The van der Waals surface area contributed by atoms with Crippen LogP contribution in [0.4, 0.5) is 17.1 Å². The molecule has 0 saturated heterocycles. The Hall–Kier alpha value is -1.47. The smallest absolute Gasteiger partial charge is 0.870 e. The van der Waals surface area contributed by atoms with Gasteiger partial charge in [-0.2, -0.15) is 10.2 Å². The Labute approximate surface area is 898 Å². The molecule has 0 radical (unpaired) electrons. The van der Waals surface area contributed by atoms with Crippen LogP contribution in [0.25, 0.3) is 63.4 Å². The van der Waals surface area contributed by atoms with Crippen molar-refractivity contribution in [2.24, 2.45) is 0 Å². The molecule has 0 aliphatic heterocycles. The summed E-state index contributed by atoms with van der Waals surface area (Å²) in [7, 11) is 2.22. The number of nitrogen functional groups attached to an aromatic ring is 2. The Bertz CT molecular complexity index is 5450. The third-order valence-electron chi connectivity index (χ3n) is 15.0. The van der Waals surface area contributed by atoms with Gasteiger partial charge in [0.05, 0.1) is 129 Å². The van der Waals surface area contributed by atoms with Crippen molar-refractivity contribution < 1.29 is 208 Å². The topological polar surface area (TPSA) is 375 Å². The molecule has 47 heteroatoms.